The summed E-state index contributed by atoms with van der Waals surface area (Å²) < 4.78 is 14.7. The standard InChI is InChI=1S/C14H17ClO5/c1-18-13(16)7-12(8-14(17)19-2)20-9-10-4-3-5-11(15)6-10/h3-6,12H,7-9H2,1-2H3. The predicted octanol–water partition coefficient (Wildman–Crippen LogP) is 2.35. The van der Waals surface area contributed by atoms with Crippen LogP contribution in [0, 0.1) is 0 Å². The van der Waals surface area contributed by atoms with Gasteiger partial charge in [0.05, 0.1) is 39.8 Å². The van der Waals surface area contributed by atoms with Gasteiger partial charge >= 0.3 is 11.9 Å². The second-order valence-corrected chi connectivity index (χ2v) is 4.56. The Balaban J connectivity index is 2.59. The lowest BCUT2D eigenvalue weighted by Gasteiger charge is -2.16. The highest BCUT2D eigenvalue weighted by Gasteiger charge is 2.19. The summed E-state index contributed by atoms with van der Waals surface area (Å²) in [5, 5.41) is 0.601. The van der Waals surface area contributed by atoms with E-state index in [0.29, 0.717) is 5.02 Å². The molecule has 0 atom stereocenters. The van der Waals surface area contributed by atoms with Gasteiger partial charge in [0.2, 0.25) is 0 Å². The molecule has 0 aliphatic heterocycles. The Bertz CT molecular complexity index is 443. The minimum Gasteiger partial charge on any atom is -0.469 e. The molecule has 0 aliphatic rings. The Labute approximate surface area is 122 Å². The van der Waals surface area contributed by atoms with E-state index in [1.807, 2.05) is 6.07 Å². The molecule has 0 saturated heterocycles. The summed E-state index contributed by atoms with van der Waals surface area (Å²) in [5.74, 6) is -0.880. The van der Waals surface area contributed by atoms with Gasteiger partial charge in [-0.1, -0.05) is 23.7 Å². The van der Waals surface area contributed by atoms with E-state index < -0.39 is 18.0 Å². The van der Waals surface area contributed by atoms with Crippen molar-refractivity contribution in [2.75, 3.05) is 14.2 Å². The Kier molecular flexibility index (Phi) is 7.04. The fourth-order valence-electron chi connectivity index (χ4n) is 1.57. The third-order valence-electron chi connectivity index (χ3n) is 2.62. The molecule has 110 valence electrons. The molecule has 1 aromatic rings. The highest BCUT2D eigenvalue weighted by atomic mass is 35.5. The molecule has 1 aromatic carbocycles. The highest BCUT2D eigenvalue weighted by molar-refractivity contribution is 6.30. The molecule has 0 amide bonds. The van der Waals surface area contributed by atoms with Crippen molar-refractivity contribution in [3.05, 3.63) is 34.9 Å². The maximum absolute atomic E-state index is 11.3. The van der Waals surface area contributed by atoms with Crippen LogP contribution >= 0.6 is 11.6 Å². The first-order chi connectivity index (χ1) is 9.55. The molecule has 5 nitrogen and oxygen atoms in total. The van der Waals surface area contributed by atoms with Gasteiger partial charge in [-0.05, 0) is 17.7 Å². The summed E-state index contributed by atoms with van der Waals surface area (Å²) in [6.07, 6.45) is -0.605. The number of hydrogen-bond donors (Lipinski definition) is 0. The first-order valence-corrected chi connectivity index (χ1v) is 6.42. The van der Waals surface area contributed by atoms with Gasteiger partial charge in [-0.3, -0.25) is 9.59 Å². The fourth-order valence-corrected chi connectivity index (χ4v) is 1.78. The molecule has 0 aliphatic carbocycles. The number of hydrogen-bond acceptors (Lipinski definition) is 5. The van der Waals surface area contributed by atoms with Crippen LogP contribution in [0.15, 0.2) is 24.3 Å². The lowest BCUT2D eigenvalue weighted by molar-refractivity contribution is -0.148. The fraction of sp³-hybridized carbons (Fsp3) is 0.429. The maximum atomic E-state index is 11.3. The normalized spacial score (nSPS) is 10.4. The summed E-state index contributed by atoms with van der Waals surface area (Å²) >= 11 is 5.87. The second-order valence-electron chi connectivity index (χ2n) is 4.12. The molecule has 0 heterocycles. The number of esters is 2. The quantitative estimate of drug-likeness (QED) is 0.723. The zero-order valence-corrected chi connectivity index (χ0v) is 12.2. The van der Waals surface area contributed by atoms with Crippen LogP contribution in [0.2, 0.25) is 5.02 Å². The molecule has 6 heteroatoms. The van der Waals surface area contributed by atoms with E-state index in [0.717, 1.165) is 5.56 Å². The third kappa shape index (κ3) is 6.04. The van der Waals surface area contributed by atoms with Crippen LogP contribution in [-0.2, 0) is 30.4 Å². The molecule has 1 rings (SSSR count). The van der Waals surface area contributed by atoms with Crippen LogP contribution < -0.4 is 0 Å². The number of rotatable bonds is 7. The Morgan fingerprint density at radius 3 is 2.25 bits per heavy atom. The SMILES string of the molecule is COC(=O)CC(CC(=O)OC)OCc1cccc(Cl)c1. The van der Waals surface area contributed by atoms with Crippen molar-refractivity contribution in [2.24, 2.45) is 0 Å². The van der Waals surface area contributed by atoms with E-state index in [9.17, 15) is 9.59 Å². The molecular formula is C14H17ClO5. The molecule has 0 saturated carbocycles. The Hall–Kier alpha value is -1.59. The highest BCUT2D eigenvalue weighted by Crippen LogP contribution is 2.14. The second kappa shape index (κ2) is 8.55. The van der Waals surface area contributed by atoms with Gasteiger partial charge in [-0.2, -0.15) is 0 Å². The molecule has 0 N–H and O–H groups in total. The van der Waals surface area contributed by atoms with Crippen LogP contribution in [0.4, 0.5) is 0 Å². The molecule has 0 spiro atoms. The number of halogens is 1. The van der Waals surface area contributed by atoms with Crippen LogP contribution in [0.1, 0.15) is 18.4 Å². The molecule has 0 unspecified atom stereocenters. The van der Waals surface area contributed by atoms with Crippen LogP contribution in [-0.4, -0.2) is 32.3 Å². The average molecular weight is 301 g/mol. The van der Waals surface area contributed by atoms with Crippen molar-refractivity contribution in [1.82, 2.24) is 0 Å². The number of carbonyl (C=O) groups is 2. The van der Waals surface area contributed by atoms with Crippen molar-refractivity contribution in [2.45, 2.75) is 25.6 Å². The van der Waals surface area contributed by atoms with E-state index in [1.165, 1.54) is 14.2 Å². The maximum Gasteiger partial charge on any atom is 0.308 e. The van der Waals surface area contributed by atoms with Crippen LogP contribution in [0.25, 0.3) is 0 Å². The van der Waals surface area contributed by atoms with Gasteiger partial charge in [0, 0.05) is 5.02 Å². The van der Waals surface area contributed by atoms with Gasteiger partial charge in [-0.15, -0.1) is 0 Å². The van der Waals surface area contributed by atoms with Crippen molar-refractivity contribution < 1.29 is 23.8 Å². The lowest BCUT2D eigenvalue weighted by Crippen LogP contribution is -2.22. The monoisotopic (exact) mass is 300 g/mol. The van der Waals surface area contributed by atoms with Crippen LogP contribution in [0.3, 0.4) is 0 Å². The molecule has 0 bridgehead atoms. The van der Waals surface area contributed by atoms with Gasteiger partial charge in [0.25, 0.3) is 0 Å². The van der Waals surface area contributed by atoms with Gasteiger partial charge in [0.15, 0.2) is 0 Å². The Morgan fingerprint density at radius 1 is 1.15 bits per heavy atom. The molecule has 20 heavy (non-hydrogen) atoms. The average Bonchev–Trinajstić information content (AvgIpc) is 2.44. The van der Waals surface area contributed by atoms with E-state index >= 15 is 0 Å². The minimum atomic E-state index is -0.589. The first kappa shape index (κ1) is 16.5. The van der Waals surface area contributed by atoms with E-state index in [-0.39, 0.29) is 19.4 Å². The van der Waals surface area contributed by atoms with Gasteiger partial charge in [-0.25, -0.2) is 0 Å². The third-order valence-corrected chi connectivity index (χ3v) is 2.85. The van der Waals surface area contributed by atoms with Crippen molar-refractivity contribution in [1.29, 1.82) is 0 Å². The molecular weight excluding hydrogens is 284 g/mol. The molecule has 0 radical (unpaired) electrons. The smallest absolute Gasteiger partial charge is 0.308 e. The number of benzene rings is 1. The topological polar surface area (TPSA) is 61.8 Å². The minimum absolute atomic E-state index is 0.00777. The predicted molar refractivity (Wildman–Crippen MR) is 73.3 cm³/mol. The van der Waals surface area contributed by atoms with Crippen molar-refractivity contribution in [3.8, 4) is 0 Å². The summed E-state index contributed by atoms with van der Waals surface area (Å²) in [4.78, 5) is 22.6. The number of ether oxygens (including phenoxy) is 3. The molecule has 0 aromatic heterocycles. The summed E-state index contributed by atoms with van der Waals surface area (Å²) in [5.41, 5.74) is 0.859. The van der Waals surface area contributed by atoms with Crippen molar-refractivity contribution in [3.63, 3.8) is 0 Å². The Morgan fingerprint density at radius 2 is 1.75 bits per heavy atom. The number of carbonyl (C=O) groups excluding carboxylic acids is 2. The van der Waals surface area contributed by atoms with Crippen molar-refractivity contribution >= 4 is 23.5 Å². The van der Waals surface area contributed by atoms with E-state index in [4.69, 9.17) is 16.3 Å². The summed E-state index contributed by atoms with van der Waals surface area (Å²) in [6.45, 7) is 0.249. The summed E-state index contributed by atoms with van der Waals surface area (Å²) in [7, 11) is 2.57. The first-order valence-electron chi connectivity index (χ1n) is 6.04. The largest absolute Gasteiger partial charge is 0.469 e. The molecule has 0 fully saturated rings. The lowest BCUT2D eigenvalue weighted by atomic mass is 10.2. The van der Waals surface area contributed by atoms with Crippen LogP contribution in [0.5, 0.6) is 0 Å². The summed E-state index contributed by atoms with van der Waals surface area (Å²) in [6, 6.07) is 7.16. The zero-order valence-electron chi connectivity index (χ0n) is 11.4. The number of methoxy groups -OCH3 is 2. The van der Waals surface area contributed by atoms with E-state index in [1.54, 1.807) is 18.2 Å². The zero-order chi connectivity index (χ0) is 15.0. The van der Waals surface area contributed by atoms with E-state index in [2.05, 4.69) is 9.47 Å². The van der Waals surface area contributed by atoms with Gasteiger partial charge in [0.1, 0.15) is 0 Å². The van der Waals surface area contributed by atoms with Gasteiger partial charge < -0.3 is 14.2 Å².